The van der Waals surface area contributed by atoms with Gasteiger partial charge in [-0.2, -0.15) is 31.4 Å². The molecule has 0 fully saturated rings. The normalized spacial score (nSPS) is 15.2. The Balaban J connectivity index is 2.74. The zero-order valence-corrected chi connectivity index (χ0v) is 7.52. The van der Waals surface area contributed by atoms with E-state index in [1.165, 1.54) is 0 Å². The number of halogens is 6. The molecule has 0 spiro atoms. The molecule has 0 radical (unpaired) electrons. The van der Waals surface area contributed by atoms with Crippen molar-refractivity contribution in [2.24, 2.45) is 0 Å². The molecule has 0 bridgehead atoms. The summed E-state index contributed by atoms with van der Waals surface area (Å²) in [6, 6.07) is 0.426. The van der Waals surface area contributed by atoms with Crippen LogP contribution in [0, 0.1) is 0 Å². The summed E-state index contributed by atoms with van der Waals surface area (Å²) in [7, 11) is 0. The van der Waals surface area contributed by atoms with Gasteiger partial charge >= 0.3 is 12.4 Å². The van der Waals surface area contributed by atoms with Gasteiger partial charge in [-0.25, -0.2) is 0 Å². The van der Waals surface area contributed by atoms with Gasteiger partial charge in [-0.3, -0.25) is 5.10 Å². The Morgan fingerprint density at radius 3 is 2.19 bits per heavy atom. The van der Waals surface area contributed by atoms with Gasteiger partial charge < -0.3 is 5.11 Å². The molecule has 92 valence electrons. The number of alkyl halides is 6. The Morgan fingerprint density at radius 1 is 1.25 bits per heavy atom. The number of nitrogens with zero attached hydrogens (tertiary/aromatic N) is 1. The van der Waals surface area contributed by atoms with Gasteiger partial charge in [-0.1, -0.05) is 0 Å². The molecule has 1 aromatic rings. The fraction of sp³-hybridized carbons (Fsp3) is 0.571. The van der Waals surface area contributed by atoms with E-state index < -0.39 is 36.3 Å². The molecule has 2 N–H and O–H groups in total. The molecule has 0 aromatic carbocycles. The van der Waals surface area contributed by atoms with E-state index in [1.54, 1.807) is 5.10 Å². The minimum Gasteiger partial charge on any atom is -0.383 e. The van der Waals surface area contributed by atoms with Gasteiger partial charge in [0.25, 0.3) is 0 Å². The van der Waals surface area contributed by atoms with E-state index in [0.29, 0.717) is 6.07 Å². The summed E-state index contributed by atoms with van der Waals surface area (Å²) in [6.45, 7) is 0. The van der Waals surface area contributed by atoms with E-state index in [-0.39, 0.29) is 0 Å². The highest BCUT2D eigenvalue weighted by Crippen LogP contribution is 2.29. The largest absolute Gasteiger partial charge is 0.435 e. The number of H-pyrrole nitrogens is 1. The molecular formula is C7H6F6N2O. The van der Waals surface area contributed by atoms with Gasteiger partial charge in [-0.05, 0) is 6.07 Å². The number of hydrogen-bond donors (Lipinski definition) is 2. The van der Waals surface area contributed by atoms with Crippen LogP contribution in [0.25, 0.3) is 0 Å². The van der Waals surface area contributed by atoms with Gasteiger partial charge in [0.2, 0.25) is 0 Å². The topological polar surface area (TPSA) is 48.9 Å². The molecule has 3 nitrogen and oxygen atoms in total. The maximum Gasteiger partial charge on any atom is 0.435 e. The zero-order chi connectivity index (χ0) is 12.6. The molecule has 1 aromatic heterocycles. The lowest BCUT2D eigenvalue weighted by molar-refractivity contribution is -0.203. The summed E-state index contributed by atoms with van der Waals surface area (Å²) >= 11 is 0. The first-order valence-electron chi connectivity index (χ1n) is 3.97. The van der Waals surface area contributed by atoms with Crippen LogP contribution in [-0.2, 0) is 12.6 Å². The summed E-state index contributed by atoms with van der Waals surface area (Å²) in [4.78, 5) is 0. The van der Waals surface area contributed by atoms with E-state index in [4.69, 9.17) is 5.11 Å². The second-order valence-corrected chi connectivity index (χ2v) is 3.04. The third kappa shape index (κ3) is 3.12. The minimum absolute atomic E-state index is 0.426. The minimum atomic E-state index is -4.87. The van der Waals surface area contributed by atoms with Crippen LogP contribution in [-0.4, -0.2) is 27.6 Å². The molecule has 1 unspecified atom stereocenters. The molecule has 0 aliphatic heterocycles. The number of aliphatic hydroxyl groups excluding tert-OH is 1. The lowest BCUT2D eigenvalue weighted by Gasteiger charge is -2.12. The summed E-state index contributed by atoms with van der Waals surface area (Å²) in [5, 5.41) is 13.2. The van der Waals surface area contributed by atoms with Crippen molar-refractivity contribution >= 4 is 0 Å². The smallest absolute Gasteiger partial charge is 0.383 e. The molecule has 16 heavy (non-hydrogen) atoms. The number of nitrogens with one attached hydrogen (secondary N) is 1. The molecule has 0 amide bonds. The third-order valence-electron chi connectivity index (χ3n) is 1.71. The highest BCUT2D eigenvalue weighted by atomic mass is 19.4. The fourth-order valence-corrected chi connectivity index (χ4v) is 0.935. The second-order valence-electron chi connectivity index (χ2n) is 3.04. The number of aromatic nitrogens is 2. The number of aliphatic hydroxyl groups is 1. The number of hydrogen-bond acceptors (Lipinski definition) is 2. The average molecular weight is 248 g/mol. The molecule has 0 saturated heterocycles. The molecule has 0 saturated carbocycles. The number of rotatable bonds is 2. The van der Waals surface area contributed by atoms with Crippen molar-refractivity contribution < 1.29 is 31.4 Å². The first kappa shape index (κ1) is 12.8. The van der Waals surface area contributed by atoms with Crippen molar-refractivity contribution in [1.29, 1.82) is 0 Å². The molecular weight excluding hydrogens is 242 g/mol. The Labute approximate surface area is 85.1 Å². The van der Waals surface area contributed by atoms with Crippen molar-refractivity contribution in [3.8, 4) is 0 Å². The van der Waals surface area contributed by atoms with E-state index >= 15 is 0 Å². The molecule has 1 heterocycles. The number of aromatic amines is 1. The van der Waals surface area contributed by atoms with E-state index in [9.17, 15) is 26.3 Å². The van der Waals surface area contributed by atoms with Crippen molar-refractivity contribution in [3.05, 3.63) is 17.5 Å². The van der Waals surface area contributed by atoms with E-state index in [1.807, 2.05) is 0 Å². The van der Waals surface area contributed by atoms with Crippen LogP contribution >= 0.6 is 0 Å². The van der Waals surface area contributed by atoms with E-state index in [0.717, 1.165) is 0 Å². The maximum atomic E-state index is 12.0. The predicted molar refractivity (Wildman–Crippen MR) is 39.4 cm³/mol. The van der Waals surface area contributed by atoms with Crippen molar-refractivity contribution in [3.63, 3.8) is 0 Å². The SMILES string of the molecule is OC(Cc1cc(C(F)(F)F)n[nH]1)C(F)(F)F. The van der Waals surface area contributed by atoms with Crippen LogP contribution < -0.4 is 0 Å². The monoisotopic (exact) mass is 248 g/mol. The van der Waals surface area contributed by atoms with Crippen LogP contribution in [0.4, 0.5) is 26.3 Å². The van der Waals surface area contributed by atoms with Gasteiger partial charge in [0, 0.05) is 12.1 Å². The van der Waals surface area contributed by atoms with Crippen LogP contribution in [0.5, 0.6) is 0 Å². The first-order valence-corrected chi connectivity index (χ1v) is 3.97. The summed E-state index contributed by atoms with van der Waals surface area (Å²) in [5.41, 5.74) is -1.76. The standard InChI is InChI=1S/C7H6F6N2O/c8-6(9,10)4-1-3(14-15-4)2-5(16)7(11,12)13/h1,5,16H,2H2,(H,14,15). The molecule has 0 aliphatic carbocycles. The van der Waals surface area contributed by atoms with Crippen LogP contribution in [0.15, 0.2) is 6.07 Å². The van der Waals surface area contributed by atoms with Crippen molar-refractivity contribution in [2.45, 2.75) is 24.9 Å². The average Bonchev–Trinajstić information content (AvgIpc) is 2.49. The molecule has 0 aliphatic rings. The van der Waals surface area contributed by atoms with E-state index in [2.05, 4.69) is 5.10 Å². The van der Waals surface area contributed by atoms with Crippen LogP contribution in [0.2, 0.25) is 0 Å². The lowest BCUT2D eigenvalue weighted by atomic mass is 10.2. The van der Waals surface area contributed by atoms with Crippen molar-refractivity contribution in [2.75, 3.05) is 0 Å². The van der Waals surface area contributed by atoms with Gasteiger partial charge in [-0.15, -0.1) is 0 Å². The summed E-state index contributed by atoms with van der Waals surface area (Å²) in [6.07, 6.45) is -13.3. The lowest BCUT2D eigenvalue weighted by Crippen LogP contribution is -2.30. The van der Waals surface area contributed by atoms with Gasteiger partial charge in [0.15, 0.2) is 11.8 Å². The van der Waals surface area contributed by atoms with Crippen LogP contribution in [0.1, 0.15) is 11.4 Å². The first-order chi connectivity index (χ1) is 7.10. The Morgan fingerprint density at radius 2 is 1.81 bits per heavy atom. The Hall–Kier alpha value is -1.25. The van der Waals surface area contributed by atoms with Gasteiger partial charge in [0.1, 0.15) is 0 Å². The highest BCUT2D eigenvalue weighted by Gasteiger charge is 2.39. The third-order valence-corrected chi connectivity index (χ3v) is 1.71. The molecule has 1 rings (SSSR count). The predicted octanol–water partition coefficient (Wildman–Crippen LogP) is 1.89. The maximum absolute atomic E-state index is 12.0. The summed E-state index contributed by atoms with van der Waals surface area (Å²) < 4.78 is 71.6. The fourth-order valence-electron chi connectivity index (χ4n) is 0.935. The second kappa shape index (κ2) is 3.96. The molecule has 1 atom stereocenters. The quantitative estimate of drug-likeness (QED) is 0.785. The Bertz CT molecular complexity index is 354. The Kier molecular flexibility index (Phi) is 3.17. The zero-order valence-electron chi connectivity index (χ0n) is 7.52. The highest BCUT2D eigenvalue weighted by molar-refractivity contribution is 5.12. The summed E-state index contributed by atoms with van der Waals surface area (Å²) in [5.74, 6) is 0. The van der Waals surface area contributed by atoms with Crippen molar-refractivity contribution in [1.82, 2.24) is 10.2 Å². The van der Waals surface area contributed by atoms with Gasteiger partial charge in [0.05, 0.1) is 0 Å². The van der Waals surface area contributed by atoms with Crippen LogP contribution in [0.3, 0.4) is 0 Å². The molecule has 9 heteroatoms.